The Morgan fingerprint density at radius 1 is 1.27 bits per heavy atom. The molecule has 0 atom stereocenters. The second kappa shape index (κ2) is 5.66. The Morgan fingerprint density at radius 3 is 2.86 bits per heavy atom. The van der Waals surface area contributed by atoms with Gasteiger partial charge in [-0.15, -0.1) is 0 Å². The molecular formula is C15H20N4O2Si. The van der Waals surface area contributed by atoms with Gasteiger partial charge < -0.3 is 14.6 Å². The van der Waals surface area contributed by atoms with Gasteiger partial charge in [0.05, 0.1) is 5.39 Å². The first-order valence-corrected chi connectivity index (χ1v) is 11.1. The Bertz CT molecular complexity index is 746. The molecule has 2 aromatic rings. The summed E-state index contributed by atoms with van der Waals surface area (Å²) in [5.41, 5.74) is 1.71. The first-order valence-electron chi connectivity index (χ1n) is 7.35. The Hall–Kier alpha value is -1.99. The molecule has 3 heterocycles. The minimum Gasteiger partial charge on any atom is -0.361 e. The van der Waals surface area contributed by atoms with Crippen molar-refractivity contribution in [3.8, 4) is 0 Å². The van der Waals surface area contributed by atoms with Gasteiger partial charge in [0.2, 0.25) is 5.91 Å². The SMILES string of the molecule is C[Si](C)(C)CCOCn1cc2c3c(ncnc31)NC(=O)C=C2. The van der Waals surface area contributed by atoms with E-state index in [1.807, 2.05) is 10.8 Å². The van der Waals surface area contributed by atoms with E-state index in [1.165, 1.54) is 12.4 Å². The maximum absolute atomic E-state index is 11.6. The van der Waals surface area contributed by atoms with Gasteiger partial charge in [-0.25, -0.2) is 9.97 Å². The predicted molar refractivity (Wildman–Crippen MR) is 89.3 cm³/mol. The number of aromatic nitrogens is 3. The quantitative estimate of drug-likeness (QED) is 0.680. The van der Waals surface area contributed by atoms with E-state index in [4.69, 9.17) is 4.74 Å². The van der Waals surface area contributed by atoms with E-state index in [0.29, 0.717) is 12.5 Å². The average Bonchev–Trinajstić information content (AvgIpc) is 2.71. The Kier molecular flexibility index (Phi) is 3.84. The standard InChI is InChI=1S/C15H20N4O2Si/c1-22(2,3)7-6-21-10-19-8-11-4-5-12(20)18-14-13(11)15(19)17-9-16-14/h4-5,8-9H,6-7,10H2,1-3H3,(H,16,17,18,20). The van der Waals surface area contributed by atoms with Crippen LogP contribution in [0.15, 0.2) is 18.6 Å². The number of carbonyl (C=O) groups is 1. The van der Waals surface area contributed by atoms with Gasteiger partial charge in [0.25, 0.3) is 0 Å². The second-order valence-electron chi connectivity index (χ2n) is 6.65. The summed E-state index contributed by atoms with van der Waals surface area (Å²) in [5.74, 6) is 0.380. The normalized spacial score (nSPS) is 14.2. The lowest BCUT2D eigenvalue weighted by Crippen LogP contribution is -2.22. The molecule has 1 aliphatic rings. The summed E-state index contributed by atoms with van der Waals surface area (Å²) >= 11 is 0. The number of ether oxygens (including phenoxy) is 1. The lowest BCUT2D eigenvalue weighted by molar-refractivity contribution is -0.111. The molecule has 22 heavy (non-hydrogen) atoms. The molecule has 1 aliphatic heterocycles. The molecule has 0 aromatic carbocycles. The van der Waals surface area contributed by atoms with Crippen molar-refractivity contribution in [2.45, 2.75) is 32.4 Å². The number of hydrogen-bond donors (Lipinski definition) is 1. The summed E-state index contributed by atoms with van der Waals surface area (Å²) < 4.78 is 7.76. The Balaban J connectivity index is 1.83. The van der Waals surface area contributed by atoms with Crippen molar-refractivity contribution in [3.63, 3.8) is 0 Å². The fourth-order valence-corrected chi connectivity index (χ4v) is 3.09. The third-order valence-corrected chi connectivity index (χ3v) is 5.27. The van der Waals surface area contributed by atoms with Crippen LogP contribution in [0.5, 0.6) is 0 Å². The number of rotatable bonds is 5. The highest BCUT2D eigenvalue weighted by atomic mass is 28.3. The maximum atomic E-state index is 11.6. The number of amides is 1. The van der Waals surface area contributed by atoms with Gasteiger partial charge >= 0.3 is 0 Å². The molecule has 3 rings (SSSR count). The third-order valence-electron chi connectivity index (χ3n) is 3.57. The Morgan fingerprint density at radius 2 is 2.09 bits per heavy atom. The van der Waals surface area contributed by atoms with Gasteiger partial charge in [-0.1, -0.05) is 19.6 Å². The van der Waals surface area contributed by atoms with Crippen molar-refractivity contribution < 1.29 is 9.53 Å². The molecular weight excluding hydrogens is 296 g/mol. The first-order chi connectivity index (χ1) is 10.4. The van der Waals surface area contributed by atoms with E-state index < -0.39 is 8.07 Å². The van der Waals surface area contributed by atoms with Crippen LogP contribution < -0.4 is 5.32 Å². The van der Waals surface area contributed by atoms with Crippen LogP contribution in [0.2, 0.25) is 25.7 Å². The molecule has 1 N–H and O–H groups in total. The van der Waals surface area contributed by atoms with Gasteiger partial charge in [0.15, 0.2) is 0 Å². The summed E-state index contributed by atoms with van der Waals surface area (Å²) in [6.45, 7) is 8.21. The molecule has 2 aromatic heterocycles. The van der Waals surface area contributed by atoms with Crippen molar-refractivity contribution in [1.29, 1.82) is 0 Å². The number of nitrogens with zero attached hydrogens (tertiary/aromatic N) is 3. The largest absolute Gasteiger partial charge is 0.361 e. The predicted octanol–water partition coefficient (Wildman–Crippen LogP) is 2.71. The molecule has 0 radical (unpaired) electrons. The van der Waals surface area contributed by atoms with Crippen molar-refractivity contribution in [2.75, 3.05) is 11.9 Å². The van der Waals surface area contributed by atoms with E-state index in [0.717, 1.165) is 29.2 Å². The Labute approximate surface area is 130 Å². The number of nitrogens with one attached hydrogen (secondary N) is 1. The second-order valence-corrected chi connectivity index (χ2v) is 12.3. The summed E-state index contributed by atoms with van der Waals surface area (Å²) in [7, 11) is -1.08. The van der Waals surface area contributed by atoms with Crippen molar-refractivity contribution in [3.05, 3.63) is 24.2 Å². The highest BCUT2D eigenvalue weighted by Gasteiger charge is 2.17. The minimum absolute atomic E-state index is 0.172. The van der Waals surface area contributed by atoms with Crippen LogP contribution in [0.4, 0.5) is 5.82 Å². The molecule has 0 saturated carbocycles. The number of anilines is 1. The number of carbonyl (C=O) groups excluding carboxylic acids is 1. The molecule has 116 valence electrons. The summed E-state index contributed by atoms with van der Waals surface area (Å²) in [6, 6.07) is 1.13. The van der Waals surface area contributed by atoms with E-state index in [9.17, 15) is 4.79 Å². The van der Waals surface area contributed by atoms with Crippen LogP contribution in [0, 0.1) is 0 Å². The van der Waals surface area contributed by atoms with Gasteiger partial charge in [-0.05, 0) is 12.1 Å². The topological polar surface area (TPSA) is 69.0 Å². The summed E-state index contributed by atoms with van der Waals surface area (Å²) in [6.07, 6.45) is 6.71. The minimum atomic E-state index is -1.08. The molecule has 0 fully saturated rings. The van der Waals surface area contributed by atoms with Crippen molar-refractivity contribution in [2.24, 2.45) is 0 Å². The van der Waals surface area contributed by atoms with Gasteiger partial charge in [0, 0.05) is 32.5 Å². The highest BCUT2D eigenvalue weighted by Crippen LogP contribution is 2.28. The van der Waals surface area contributed by atoms with Crippen molar-refractivity contribution in [1.82, 2.24) is 14.5 Å². The fraction of sp³-hybridized carbons (Fsp3) is 0.400. The van der Waals surface area contributed by atoms with Gasteiger partial charge in [0.1, 0.15) is 24.5 Å². The smallest absolute Gasteiger partial charge is 0.249 e. The monoisotopic (exact) mass is 316 g/mol. The molecule has 0 unspecified atom stereocenters. The van der Waals surface area contributed by atoms with Crippen molar-refractivity contribution >= 4 is 36.9 Å². The van der Waals surface area contributed by atoms with Gasteiger partial charge in [-0.3, -0.25) is 4.79 Å². The highest BCUT2D eigenvalue weighted by molar-refractivity contribution is 6.76. The van der Waals surface area contributed by atoms with Crippen LogP contribution in [0.1, 0.15) is 5.56 Å². The van der Waals surface area contributed by atoms with E-state index in [1.54, 1.807) is 6.08 Å². The fourth-order valence-electron chi connectivity index (χ4n) is 2.34. The lowest BCUT2D eigenvalue weighted by atomic mass is 10.2. The summed E-state index contributed by atoms with van der Waals surface area (Å²) in [5, 5.41) is 3.62. The van der Waals surface area contributed by atoms with Gasteiger partial charge in [-0.2, -0.15) is 0 Å². The van der Waals surface area contributed by atoms with E-state index >= 15 is 0 Å². The van der Waals surface area contributed by atoms with Crippen LogP contribution in [-0.2, 0) is 16.3 Å². The zero-order valence-corrected chi connectivity index (χ0v) is 14.1. The van der Waals surface area contributed by atoms with E-state index in [-0.39, 0.29) is 5.91 Å². The molecule has 0 saturated heterocycles. The summed E-state index contributed by atoms with van der Waals surface area (Å²) in [4.78, 5) is 20.1. The number of hydrogen-bond acceptors (Lipinski definition) is 4. The van der Waals surface area contributed by atoms with E-state index in [2.05, 4.69) is 34.9 Å². The van der Waals surface area contributed by atoms with Crippen LogP contribution >= 0.6 is 0 Å². The zero-order valence-electron chi connectivity index (χ0n) is 13.1. The van der Waals surface area contributed by atoms with Crippen LogP contribution in [0.3, 0.4) is 0 Å². The first kappa shape index (κ1) is 14.9. The molecule has 0 bridgehead atoms. The zero-order chi connectivity index (χ0) is 15.7. The molecule has 7 heteroatoms. The molecule has 6 nitrogen and oxygen atoms in total. The third kappa shape index (κ3) is 3.10. The van der Waals surface area contributed by atoms with Crippen LogP contribution in [-0.4, -0.2) is 35.1 Å². The maximum Gasteiger partial charge on any atom is 0.249 e. The molecule has 0 aliphatic carbocycles. The molecule has 0 spiro atoms. The lowest BCUT2D eigenvalue weighted by Gasteiger charge is -2.15. The van der Waals surface area contributed by atoms with Crippen LogP contribution in [0.25, 0.3) is 17.1 Å². The average molecular weight is 316 g/mol. The molecule has 1 amide bonds.